The summed E-state index contributed by atoms with van der Waals surface area (Å²) in [5, 5.41) is 15.6. The lowest BCUT2D eigenvalue weighted by molar-refractivity contribution is 0.398. The Bertz CT molecular complexity index is 1140. The van der Waals surface area contributed by atoms with Crippen LogP contribution in [0.3, 0.4) is 0 Å². The number of nitrogens with one attached hydrogen (secondary N) is 1. The Hall–Kier alpha value is -2.74. The van der Waals surface area contributed by atoms with Crippen molar-refractivity contribution in [3.8, 4) is 17.4 Å². The van der Waals surface area contributed by atoms with Gasteiger partial charge in [-0.25, -0.2) is 19.2 Å². The van der Waals surface area contributed by atoms with E-state index >= 15 is 0 Å². The number of allylic oxidation sites excluding steroid dienone is 1. The average Bonchev–Trinajstić information content (AvgIpc) is 3.20. The maximum atomic E-state index is 13.1. The number of ether oxygens (including phenoxy) is 1. The predicted octanol–water partition coefficient (Wildman–Crippen LogP) is 2.47. The highest BCUT2D eigenvalue weighted by Crippen LogP contribution is 2.25. The first-order valence-electron chi connectivity index (χ1n) is 9.73. The van der Waals surface area contributed by atoms with Crippen molar-refractivity contribution in [2.24, 2.45) is 10.9 Å². The van der Waals surface area contributed by atoms with Crippen LogP contribution in [-0.4, -0.2) is 46.3 Å². The molecule has 3 rings (SSSR count). The number of methoxy groups -OCH3 is 1. The Morgan fingerprint density at radius 1 is 1.33 bits per heavy atom. The molecular formula is C19H24ClN9O2S2. The van der Waals surface area contributed by atoms with Crippen LogP contribution in [0.5, 0.6) is 5.88 Å². The van der Waals surface area contributed by atoms with Gasteiger partial charge in [0, 0.05) is 35.5 Å². The van der Waals surface area contributed by atoms with Crippen LogP contribution in [0.4, 0.5) is 5.95 Å². The molecule has 5 N–H and O–H groups in total. The number of anilines is 1. The molecule has 11 nitrogen and oxygen atoms in total. The fourth-order valence-corrected chi connectivity index (χ4v) is 4.17. The molecule has 33 heavy (non-hydrogen) atoms. The number of nitrogens with two attached hydrogens (primary N) is 2. The number of nitrogens with zero attached hydrogens (tertiary/aromatic N) is 6. The average molecular weight is 510 g/mol. The van der Waals surface area contributed by atoms with Gasteiger partial charge >= 0.3 is 0 Å². The first-order valence-corrected chi connectivity index (χ1v) is 12.3. The molecule has 3 unspecified atom stereocenters. The van der Waals surface area contributed by atoms with Crippen molar-refractivity contribution < 1.29 is 8.95 Å². The molecule has 0 spiro atoms. The Morgan fingerprint density at radius 3 is 2.73 bits per heavy atom. The zero-order valence-electron chi connectivity index (χ0n) is 18.2. The van der Waals surface area contributed by atoms with E-state index in [-0.39, 0.29) is 23.7 Å². The Kier molecular flexibility index (Phi) is 8.61. The number of rotatable bonds is 10. The highest BCUT2D eigenvalue weighted by atomic mass is 35.5. The number of pyridine rings is 1. The van der Waals surface area contributed by atoms with E-state index in [2.05, 4.69) is 29.9 Å². The van der Waals surface area contributed by atoms with Crippen molar-refractivity contribution in [1.29, 1.82) is 0 Å². The van der Waals surface area contributed by atoms with Gasteiger partial charge in [-0.15, -0.1) is 10.2 Å². The summed E-state index contributed by atoms with van der Waals surface area (Å²) in [7, 11) is -0.0243. The van der Waals surface area contributed by atoms with Crippen LogP contribution in [0, 0.1) is 0 Å². The molecule has 3 atom stereocenters. The molecule has 0 radical (unpaired) electrons. The van der Waals surface area contributed by atoms with Gasteiger partial charge in [0.15, 0.2) is 5.82 Å². The van der Waals surface area contributed by atoms with Gasteiger partial charge in [0.05, 0.1) is 23.9 Å². The molecule has 14 heteroatoms. The Balaban J connectivity index is 1.89. The van der Waals surface area contributed by atoms with E-state index in [4.69, 9.17) is 27.2 Å². The van der Waals surface area contributed by atoms with Crippen molar-refractivity contribution in [2.45, 2.75) is 31.6 Å². The number of hydrogen-bond donors (Lipinski definition) is 3. The normalized spacial score (nSPS) is 14.5. The first-order chi connectivity index (χ1) is 15.8. The lowest BCUT2D eigenvalue weighted by Gasteiger charge is -2.19. The first kappa shape index (κ1) is 24.9. The SMILES string of the molecule is COc1cccc(-c2nnc(NS(=O)C(C)C(C)c3ncc(Cl)cn3)n2C/C(N)=C/SN)n1. The van der Waals surface area contributed by atoms with E-state index in [0.29, 0.717) is 33.9 Å². The quantitative estimate of drug-likeness (QED) is 0.346. The largest absolute Gasteiger partial charge is 0.481 e. The van der Waals surface area contributed by atoms with Crippen molar-refractivity contribution in [3.63, 3.8) is 0 Å². The van der Waals surface area contributed by atoms with Crippen LogP contribution >= 0.6 is 23.5 Å². The molecule has 0 aromatic carbocycles. The summed E-state index contributed by atoms with van der Waals surface area (Å²) < 4.78 is 23.0. The molecule has 176 valence electrons. The standard InChI is InChI=1S/C19H24ClN9O2S2/c1-11(17-23-7-13(20)8-24-17)12(2)33(30)28-19-27-26-18(29(19)9-14(21)10-32-22)15-5-4-6-16(25-15)31-3/h4-8,10-12H,9,21-22H2,1-3H3,(H,27,28)/b14-10-. The molecule has 0 saturated heterocycles. The van der Waals surface area contributed by atoms with Gasteiger partial charge in [-0.05, 0) is 13.0 Å². The molecule has 0 amide bonds. The van der Waals surface area contributed by atoms with Crippen LogP contribution in [0.2, 0.25) is 5.02 Å². The maximum Gasteiger partial charge on any atom is 0.237 e. The fraction of sp³-hybridized carbons (Fsp3) is 0.316. The van der Waals surface area contributed by atoms with Crippen LogP contribution in [-0.2, 0) is 17.5 Å². The van der Waals surface area contributed by atoms with E-state index in [1.54, 1.807) is 28.2 Å². The monoisotopic (exact) mass is 509 g/mol. The third-order valence-corrected chi connectivity index (χ3v) is 6.86. The van der Waals surface area contributed by atoms with E-state index in [1.807, 2.05) is 13.8 Å². The van der Waals surface area contributed by atoms with Gasteiger partial charge < -0.3 is 10.5 Å². The molecule has 0 saturated carbocycles. The van der Waals surface area contributed by atoms with Crippen LogP contribution in [0.25, 0.3) is 11.5 Å². The second kappa shape index (κ2) is 11.4. The number of halogens is 1. The lowest BCUT2D eigenvalue weighted by atomic mass is 10.1. The summed E-state index contributed by atoms with van der Waals surface area (Å²) in [6.07, 6.45) is 3.02. The highest BCUT2D eigenvalue weighted by Gasteiger charge is 2.25. The number of aromatic nitrogens is 6. The van der Waals surface area contributed by atoms with Crippen LogP contribution in [0.15, 0.2) is 41.7 Å². The zero-order valence-corrected chi connectivity index (χ0v) is 20.6. The van der Waals surface area contributed by atoms with Gasteiger partial charge in [-0.1, -0.05) is 36.5 Å². The van der Waals surface area contributed by atoms with Crippen molar-refractivity contribution in [1.82, 2.24) is 29.7 Å². The summed E-state index contributed by atoms with van der Waals surface area (Å²) in [6, 6.07) is 5.28. The summed E-state index contributed by atoms with van der Waals surface area (Å²) in [6.45, 7) is 3.93. The fourth-order valence-electron chi connectivity index (χ4n) is 2.81. The molecule has 3 heterocycles. The molecular weight excluding hydrogens is 486 g/mol. The molecule has 3 aromatic rings. The molecule has 0 aliphatic carbocycles. The van der Waals surface area contributed by atoms with E-state index in [9.17, 15) is 4.21 Å². The maximum absolute atomic E-state index is 13.1. The van der Waals surface area contributed by atoms with Gasteiger partial charge in [-0.3, -0.25) is 14.4 Å². The predicted molar refractivity (Wildman–Crippen MR) is 131 cm³/mol. The van der Waals surface area contributed by atoms with Crippen molar-refractivity contribution >= 4 is 40.5 Å². The molecule has 0 bridgehead atoms. The minimum atomic E-state index is -1.55. The summed E-state index contributed by atoms with van der Waals surface area (Å²) >= 11 is 6.85. The van der Waals surface area contributed by atoms with E-state index in [1.165, 1.54) is 19.5 Å². The molecule has 0 fully saturated rings. The lowest BCUT2D eigenvalue weighted by Crippen LogP contribution is -2.26. The van der Waals surface area contributed by atoms with Crippen molar-refractivity contribution in [2.75, 3.05) is 11.8 Å². The highest BCUT2D eigenvalue weighted by molar-refractivity contribution is 8.00. The number of hydrogen-bond acceptors (Lipinski definition) is 10. The summed E-state index contributed by atoms with van der Waals surface area (Å²) in [5.74, 6) is 1.43. The van der Waals surface area contributed by atoms with Gasteiger partial charge in [-0.2, -0.15) is 0 Å². The molecule has 0 aliphatic heterocycles. The van der Waals surface area contributed by atoms with Crippen LogP contribution < -0.4 is 20.3 Å². The smallest absolute Gasteiger partial charge is 0.237 e. The van der Waals surface area contributed by atoms with Gasteiger partial charge in [0.2, 0.25) is 11.8 Å². The molecule has 3 aromatic heterocycles. The second-order valence-electron chi connectivity index (χ2n) is 6.98. The van der Waals surface area contributed by atoms with Crippen LogP contribution in [0.1, 0.15) is 25.6 Å². The molecule has 0 aliphatic rings. The minimum absolute atomic E-state index is 0.204. The van der Waals surface area contributed by atoms with Crippen molar-refractivity contribution in [3.05, 3.63) is 52.5 Å². The van der Waals surface area contributed by atoms with E-state index in [0.717, 1.165) is 11.9 Å². The third kappa shape index (κ3) is 6.19. The minimum Gasteiger partial charge on any atom is -0.481 e. The Morgan fingerprint density at radius 2 is 2.06 bits per heavy atom. The summed E-state index contributed by atoms with van der Waals surface area (Å²) in [4.78, 5) is 12.9. The topological polar surface area (TPSA) is 160 Å². The van der Waals surface area contributed by atoms with E-state index < -0.39 is 11.0 Å². The van der Waals surface area contributed by atoms with Gasteiger partial charge in [0.25, 0.3) is 0 Å². The Labute approximate surface area is 203 Å². The second-order valence-corrected chi connectivity index (χ2v) is 9.47. The van der Waals surface area contributed by atoms with Gasteiger partial charge in [0.1, 0.15) is 22.5 Å². The third-order valence-electron chi connectivity index (χ3n) is 4.75. The summed E-state index contributed by atoms with van der Waals surface area (Å²) in [5.41, 5.74) is 7.07. The zero-order chi connectivity index (χ0) is 24.0.